The van der Waals surface area contributed by atoms with E-state index in [4.69, 9.17) is 9.47 Å². The molecule has 3 aromatic carbocycles. The lowest BCUT2D eigenvalue weighted by atomic mass is 9.94. The van der Waals surface area contributed by atoms with Gasteiger partial charge >= 0.3 is 6.09 Å². The minimum absolute atomic E-state index is 0.00750. The molecule has 1 N–H and O–H groups in total. The molecular weight excluding hydrogens is 518 g/mol. The zero-order valence-corrected chi connectivity index (χ0v) is 20.3. The van der Waals surface area contributed by atoms with Crippen LogP contribution in [0, 0.1) is 10.1 Å². The Labute approximate surface area is 209 Å². The van der Waals surface area contributed by atoms with Crippen LogP contribution in [0.2, 0.25) is 0 Å². The normalized spacial score (nSPS) is 17.2. The van der Waals surface area contributed by atoms with E-state index in [9.17, 15) is 19.7 Å². The summed E-state index contributed by atoms with van der Waals surface area (Å²) in [6.07, 6.45) is -0.759. The highest BCUT2D eigenvalue weighted by Gasteiger charge is 2.44. The number of hydrogen-bond donors (Lipinski definition) is 1. The Balaban J connectivity index is 1.56. The molecule has 1 aliphatic heterocycles. The van der Waals surface area contributed by atoms with Gasteiger partial charge in [-0.05, 0) is 41.5 Å². The number of methoxy groups -OCH3 is 1. The number of halogens is 1. The lowest BCUT2D eigenvalue weighted by Gasteiger charge is -2.18. The molecule has 0 bridgehead atoms. The molecule has 0 saturated carbocycles. The second-order valence-corrected chi connectivity index (χ2v) is 8.81. The molecular formula is C25H22BrN3O6. The number of anilines is 1. The standard InChI is InChI=1S/C25H22BrN3O6/c1-34-19-12-6-16(7-13-19)15-35-25(31)27-23-20(17-8-10-18(26)11-9-17)14-28(24(23)30)21-4-2-3-5-22(21)29(32)33/h2-13,20,23H,14-15H2,1H3,(H,27,31)/t20-,23-/m0/s1. The van der Waals surface area contributed by atoms with Crippen molar-refractivity contribution < 1.29 is 24.0 Å². The molecule has 180 valence electrons. The highest BCUT2D eigenvalue weighted by Crippen LogP contribution is 2.37. The predicted molar refractivity (Wildman–Crippen MR) is 132 cm³/mol. The molecule has 0 spiro atoms. The van der Waals surface area contributed by atoms with Crippen molar-refractivity contribution in [2.45, 2.75) is 18.6 Å². The van der Waals surface area contributed by atoms with Crippen molar-refractivity contribution in [1.82, 2.24) is 5.32 Å². The maximum atomic E-state index is 13.4. The quantitative estimate of drug-likeness (QED) is 0.341. The Morgan fingerprint density at radius 3 is 2.46 bits per heavy atom. The summed E-state index contributed by atoms with van der Waals surface area (Å²) in [5, 5.41) is 14.2. The molecule has 1 aliphatic rings. The van der Waals surface area contributed by atoms with Gasteiger partial charge in [-0.15, -0.1) is 0 Å². The average Bonchev–Trinajstić information content (AvgIpc) is 3.19. The van der Waals surface area contributed by atoms with Gasteiger partial charge in [0.05, 0.1) is 12.0 Å². The summed E-state index contributed by atoms with van der Waals surface area (Å²) in [4.78, 5) is 38.4. The van der Waals surface area contributed by atoms with Crippen LogP contribution in [0.1, 0.15) is 17.0 Å². The molecule has 0 aromatic heterocycles. The molecule has 1 fully saturated rings. The highest BCUT2D eigenvalue weighted by molar-refractivity contribution is 9.10. The van der Waals surface area contributed by atoms with Crippen LogP contribution < -0.4 is 15.0 Å². The third-order valence-corrected chi connectivity index (χ3v) is 6.31. The van der Waals surface area contributed by atoms with E-state index in [-0.39, 0.29) is 24.5 Å². The van der Waals surface area contributed by atoms with Crippen LogP contribution in [0.4, 0.5) is 16.2 Å². The molecule has 3 aromatic rings. The molecule has 10 heteroatoms. The monoisotopic (exact) mass is 539 g/mol. The second kappa shape index (κ2) is 10.6. The third-order valence-electron chi connectivity index (χ3n) is 5.78. The number of nitro benzene ring substituents is 1. The number of alkyl carbamates (subject to hydrolysis) is 1. The van der Waals surface area contributed by atoms with Crippen molar-refractivity contribution in [1.29, 1.82) is 0 Å². The number of nitro groups is 1. The van der Waals surface area contributed by atoms with Gasteiger partial charge in [0.25, 0.3) is 11.6 Å². The number of amides is 2. The Bertz CT molecular complexity index is 1230. The fourth-order valence-corrected chi connectivity index (χ4v) is 4.27. The first kappa shape index (κ1) is 24.2. The minimum Gasteiger partial charge on any atom is -0.497 e. The van der Waals surface area contributed by atoms with E-state index < -0.39 is 28.9 Å². The van der Waals surface area contributed by atoms with Gasteiger partial charge in [-0.2, -0.15) is 0 Å². The maximum absolute atomic E-state index is 13.4. The van der Waals surface area contributed by atoms with E-state index in [2.05, 4.69) is 21.2 Å². The predicted octanol–water partition coefficient (Wildman–Crippen LogP) is 4.79. The summed E-state index contributed by atoms with van der Waals surface area (Å²) < 4.78 is 11.3. The van der Waals surface area contributed by atoms with Crippen LogP contribution >= 0.6 is 15.9 Å². The number of carbonyl (C=O) groups excluding carboxylic acids is 2. The molecule has 35 heavy (non-hydrogen) atoms. The Kier molecular flexibility index (Phi) is 7.31. The van der Waals surface area contributed by atoms with Crippen molar-refractivity contribution in [2.24, 2.45) is 0 Å². The van der Waals surface area contributed by atoms with Crippen LogP contribution in [-0.4, -0.2) is 36.6 Å². The first-order chi connectivity index (χ1) is 16.9. The zero-order chi connectivity index (χ0) is 24.9. The van der Waals surface area contributed by atoms with Crippen LogP contribution in [-0.2, 0) is 16.1 Å². The topological polar surface area (TPSA) is 111 Å². The average molecular weight is 540 g/mol. The number of rotatable bonds is 7. The number of carbonyl (C=O) groups is 2. The van der Waals surface area contributed by atoms with Crippen LogP contribution in [0.5, 0.6) is 5.75 Å². The summed E-state index contributed by atoms with van der Waals surface area (Å²) in [5.41, 5.74) is 1.56. The number of nitrogens with one attached hydrogen (secondary N) is 1. The number of hydrogen-bond acceptors (Lipinski definition) is 6. The van der Waals surface area contributed by atoms with E-state index in [1.807, 2.05) is 24.3 Å². The van der Waals surface area contributed by atoms with Gasteiger partial charge in [-0.3, -0.25) is 14.9 Å². The van der Waals surface area contributed by atoms with Crippen molar-refractivity contribution in [2.75, 3.05) is 18.6 Å². The van der Waals surface area contributed by atoms with E-state index in [1.165, 1.54) is 17.0 Å². The Morgan fingerprint density at radius 2 is 1.80 bits per heavy atom. The van der Waals surface area contributed by atoms with E-state index in [0.29, 0.717) is 5.75 Å². The van der Waals surface area contributed by atoms with Gasteiger partial charge in [0.15, 0.2) is 0 Å². The summed E-state index contributed by atoms with van der Waals surface area (Å²) in [7, 11) is 1.56. The van der Waals surface area contributed by atoms with Gasteiger partial charge < -0.3 is 19.7 Å². The van der Waals surface area contributed by atoms with Crippen molar-refractivity contribution >= 4 is 39.3 Å². The molecule has 2 atom stereocenters. The molecule has 0 radical (unpaired) electrons. The van der Waals surface area contributed by atoms with Crippen molar-refractivity contribution in [3.05, 3.63) is 98.5 Å². The molecule has 9 nitrogen and oxygen atoms in total. The second-order valence-electron chi connectivity index (χ2n) is 7.90. The lowest BCUT2D eigenvalue weighted by molar-refractivity contribution is -0.384. The minimum atomic E-state index is -0.959. The number of para-hydroxylation sites is 2. The summed E-state index contributed by atoms with van der Waals surface area (Å²) in [6.45, 7) is 0.169. The number of nitrogens with zero attached hydrogens (tertiary/aromatic N) is 2. The number of ether oxygens (including phenoxy) is 2. The molecule has 4 rings (SSSR count). The largest absolute Gasteiger partial charge is 0.497 e. The fraction of sp³-hybridized carbons (Fsp3) is 0.200. The highest BCUT2D eigenvalue weighted by atomic mass is 79.9. The third kappa shape index (κ3) is 5.43. The van der Waals surface area contributed by atoms with Gasteiger partial charge in [0.2, 0.25) is 0 Å². The summed E-state index contributed by atoms with van der Waals surface area (Å²) >= 11 is 3.40. The molecule has 1 heterocycles. The van der Waals surface area contributed by atoms with Crippen LogP contribution in [0.3, 0.4) is 0 Å². The molecule has 0 unspecified atom stereocenters. The summed E-state index contributed by atoms with van der Waals surface area (Å²) in [5.74, 6) is -0.209. The molecule has 1 saturated heterocycles. The van der Waals surface area contributed by atoms with Crippen LogP contribution in [0.15, 0.2) is 77.3 Å². The van der Waals surface area contributed by atoms with E-state index in [1.54, 1.807) is 43.5 Å². The Hall–Kier alpha value is -3.92. The lowest BCUT2D eigenvalue weighted by Crippen LogP contribution is -2.43. The fourth-order valence-electron chi connectivity index (χ4n) is 4.01. The first-order valence-corrected chi connectivity index (χ1v) is 11.5. The van der Waals surface area contributed by atoms with E-state index in [0.717, 1.165) is 15.6 Å². The Morgan fingerprint density at radius 1 is 1.11 bits per heavy atom. The zero-order valence-electron chi connectivity index (χ0n) is 18.7. The molecule has 2 amide bonds. The molecule has 0 aliphatic carbocycles. The van der Waals surface area contributed by atoms with Crippen LogP contribution in [0.25, 0.3) is 0 Å². The van der Waals surface area contributed by atoms with Crippen molar-refractivity contribution in [3.8, 4) is 5.75 Å². The SMILES string of the molecule is COc1ccc(COC(=O)N[C@@H]2C(=O)N(c3ccccc3[N+](=O)[O-])C[C@H]2c2ccc(Br)cc2)cc1. The van der Waals surface area contributed by atoms with Crippen molar-refractivity contribution in [3.63, 3.8) is 0 Å². The number of benzene rings is 3. The van der Waals surface area contributed by atoms with Gasteiger partial charge in [-0.1, -0.05) is 52.3 Å². The van der Waals surface area contributed by atoms with E-state index >= 15 is 0 Å². The smallest absolute Gasteiger partial charge is 0.408 e. The maximum Gasteiger partial charge on any atom is 0.408 e. The first-order valence-electron chi connectivity index (χ1n) is 10.7. The van der Waals surface area contributed by atoms with Gasteiger partial charge in [-0.25, -0.2) is 4.79 Å². The van der Waals surface area contributed by atoms with Gasteiger partial charge in [0.1, 0.15) is 24.1 Å². The summed E-state index contributed by atoms with van der Waals surface area (Å²) in [6, 6.07) is 19.5. The van der Waals surface area contributed by atoms with Gasteiger partial charge in [0, 0.05) is 23.0 Å².